The Bertz CT molecular complexity index is 1140. The molecule has 11 heteroatoms. The highest BCUT2D eigenvalue weighted by molar-refractivity contribution is 7.92. The lowest BCUT2D eigenvalue weighted by molar-refractivity contribution is 0.0691. The molecule has 1 N–H and O–H groups in total. The quantitative estimate of drug-likeness (QED) is 0.675. The summed E-state index contributed by atoms with van der Waals surface area (Å²) in [6, 6.07) is 7.59. The summed E-state index contributed by atoms with van der Waals surface area (Å²) in [5, 5.41) is 0. The Morgan fingerprint density at radius 1 is 1.06 bits per heavy atom. The number of hydrogen-bond donors (Lipinski definition) is 1. The van der Waals surface area contributed by atoms with Gasteiger partial charge in [-0.05, 0) is 61.9 Å². The van der Waals surface area contributed by atoms with Crippen LogP contribution in [0.25, 0.3) is 0 Å². The summed E-state index contributed by atoms with van der Waals surface area (Å²) in [7, 11) is -7.05. The van der Waals surface area contributed by atoms with Gasteiger partial charge in [-0.25, -0.2) is 21.6 Å². The number of piperidine rings is 1. The Hall–Kier alpha value is -2.37. The molecule has 1 aromatic carbocycles. The minimum Gasteiger partial charge on any atom is -0.472 e. The maximum absolute atomic E-state index is 12.7. The molecule has 4 rings (SSSR count). The van der Waals surface area contributed by atoms with Gasteiger partial charge in [0.1, 0.15) is 6.26 Å². The van der Waals surface area contributed by atoms with E-state index >= 15 is 0 Å². The summed E-state index contributed by atoms with van der Waals surface area (Å²) in [4.78, 5) is 14.2. The Balaban J connectivity index is 1.31. The van der Waals surface area contributed by atoms with Crippen molar-refractivity contribution in [2.45, 2.75) is 30.6 Å². The van der Waals surface area contributed by atoms with Crippen LogP contribution >= 0.6 is 0 Å². The van der Waals surface area contributed by atoms with Crippen molar-refractivity contribution in [1.29, 1.82) is 0 Å². The number of likely N-dealkylation sites (tertiary alicyclic amines) is 1. The van der Waals surface area contributed by atoms with Gasteiger partial charge in [0.2, 0.25) is 20.0 Å². The average molecular weight is 482 g/mol. The third-order valence-electron chi connectivity index (χ3n) is 6.02. The van der Waals surface area contributed by atoms with Crippen molar-refractivity contribution < 1.29 is 26.0 Å². The number of benzene rings is 1. The normalized spacial score (nSPS) is 19.8. The van der Waals surface area contributed by atoms with Crippen LogP contribution in [0.1, 0.15) is 36.0 Å². The zero-order valence-corrected chi connectivity index (χ0v) is 19.3. The number of hydrogen-bond acceptors (Lipinski definition) is 6. The molecule has 2 aliphatic rings. The van der Waals surface area contributed by atoms with E-state index in [1.165, 1.54) is 41.1 Å². The number of amides is 1. The van der Waals surface area contributed by atoms with Crippen LogP contribution in [0, 0.1) is 5.92 Å². The minimum atomic E-state index is -3.71. The molecule has 3 heterocycles. The number of anilines is 1. The van der Waals surface area contributed by atoms with E-state index in [0.717, 1.165) is 6.42 Å². The first-order valence-corrected chi connectivity index (χ1v) is 13.8. The van der Waals surface area contributed by atoms with Gasteiger partial charge in [0.15, 0.2) is 0 Å². The molecule has 174 valence electrons. The van der Waals surface area contributed by atoms with E-state index in [4.69, 9.17) is 4.42 Å². The third-order valence-corrected chi connectivity index (χ3v) is 9.33. The molecule has 0 atom stereocenters. The maximum atomic E-state index is 12.7. The second-order valence-corrected chi connectivity index (χ2v) is 12.0. The van der Waals surface area contributed by atoms with E-state index in [1.54, 1.807) is 11.0 Å². The summed E-state index contributed by atoms with van der Waals surface area (Å²) in [5.41, 5.74) is 1.00. The molecule has 2 fully saturated rings. The molecule has 32 heavy (non-hydrogen) atoms. The van der Waals surface area contributed by atoms with E-state index < -0.39 is 20.0 Å². The first kappa shape index (κ1) is 22.8. The molecule has 0 radical (unpaired) electrons. The maximum Gasteiger partial charge on any atom is 0.257 e. The van der Waals surface area contributed by atoms with Gasteiger partial charge in [0.05, 0.1) is 28.2 Å². The Morgan fingerprint density at radius 2 is 1.78 bits per heavy atom. The predicted octanol–water partition coefficient (Wildman–Crippen LogP) is 2.04. The van der Waals surface area contributed by atoms with Gasteiger partial charge in [-0.15, -0.1) is 0 Å². The van der Waals surface area contributed by atoms with Crippen LogP contribution < -0.4 is 9.03 Å². The van der Waals surface area contributed by atoms with Gasteiger partial charge >= 0.3 is 0 Å². The molecule has 0 unspecified atom stereocenters. The second-order valence-electron chi connectivity index (χ2n) is 8.19. The minimum absolute atomic E-state index is 0.0754. The van der Waals surface area contributed by atoms with Crippen LogP contribution in [0.5, 0.6) is 0 Å². The third kappa shape index (κ3) is 5.00. The molecule has 0 spiro atoms. The smallest absolute Gasteiger partial charge is 0.257 e. The van der Waals surface area contributed by atoms with Gasteiger partial charge in [-0.2, -0.15) is 0 Å². The fraction of sp³-hybridized carbons (Fsp3) is 0.476. The standard InChI is InChI=1S/C21H27N3O6S2/c25-21(18-9-13-30-16-18)23-11-7-17(8-12-23)15-22-32(28,29)20-5-3-19(4-6-20)24-10-1-2-14-31(24,26)27/h3-6,9,13,16-17,22H,1-2,7-8,10-12,14-15H2. The highest BCUT2D eigenvalue weighted by atomic mass is 32.2. The molecule has 2 aromatic rings. The average Bonchev–Trinajstić information content (AvgIpc) is 3.32. The largest absolute Gasteiger partial charge is 0.472 e. The van der Waals surface area contributed by atoms with Crippen LogP contribution in [-0.2, 0) is 20.0 Å². The van der Waals surface area contributed by atoms with E-state index in [-0.39, 0.29) is 22.5 Å². The van der Waals surface area contributed by atoms with E-state index in [9.17, 15) is 21.6 Å². The first-order chi connectivity index (χ1) is 15.3. The number of carbonyl (C=O) groups is 1. The van der Waals surface area contributed by atoms with Gasteiger partial charge in [-0.3, -0.25) is 9.10 Å². The van der Waals surface area contributed by atoms with Crippen molar-refractivity contribution in [2.24, 2.45) is 5.92 Å². The summed E-state index contributed by atoms with van der Waals surface area (Å²) < 4.78 is 58.8. The number of furan rings is 1. The Morgan fingerprint density at radius 3 is 2.41 bits per heavy atom. The van der Waals surface area contributed by atoms with Crippen molar-refractivity contribution in [1.82, 2.24) is 9.62 Å². The van der Waals surface area contributed by atoms with Gasteiger partial charge in [0, 0.05) is 26.2 Å². The van der Waals surface area contributed by atoms with Gasteiger partial charge in [0.25, 0.3) is 5.91 Å². The van der Waals surface area contributed by atoms with Crippen LogP contribution in [0.3, 0.4) is 0 Å². The monoisotopic (exact) mass is 481 g/mol. The molecule has 1 amide bonds. The second kappa shape index (κ2) is 9.24. The topological polar surface area (TPSA) is 117 Å². The molecule has 9 nitrogen and oxygen atoms in total. The summed E-state index contributed by atoms with van der Waals surface area (Å²) >= 11 is 0. The Kier molecular flexibility index (Phi) is 6.59. The van der Waals surface area contributed by atoms with Gasteiger partial charge in [-0.1, -0.05) is 0 Å². The van der Waals surface area contributed by atoms with Gasteiger partial charge < -0.3 is 9.32 Å². The van der Waals surface area contributed by atoms with Crippen molar-refractivity contribution in [3.05, 3.63) is 48.4 Å². The number of rotatable bonds is 6. The molecular formula is C21H27N3O6S2. The zero-order chi connectivity index (χ0) is 22.8. The fourth-order valence-electron chi connectivity index (χ4n) is 4.09. The summed E-state index contributed by atoms with van der Waals surface area (Å²) in [6.07, 6.45) is 5.73. The number of carbonyl (C=O) groups excluding carboxylic acids is 1. The summed E-state index contributed by atoms with van der Waals surface area (Å²) in [5.74, 6) is 0.172. The highest BCUT2D eigenvalue weighted by Gasteiger charge is 2.27. The fourth-order valence-corrected chi connectivity index (χ4v) is 6.85. The molecular weight excluding hydrogens is 454 g/mol. The molecule has 0 saturated carbocycles. The SMILES string of the molecule is O=C(c1ccoc1)N1CCC(CNS(=O)(=O)c2ccc(N3CCCCS3(=O)=O)cc2)CC1. The number of sulfonamides is 2. The van der Waals surface area contributed by atoms with Crippen molar-refractivity contribution in [3.63, 3.8) is 0 Å². The Labute approximate surface area is 188 Å². The lowest BCUT2D eigenvalue weighted by atomic mass is 9.97. The molecule has 0 bridgehead atoms. The number of nitrogens with zero attached hydrogens (tertiary/aromatic N) is 2. The zero-order valence-electron chi connectivity index (χ0n) is 17.6. The van der Waals surface area contributed by atoms with Crippen LogP contribution in [0.2, 0.25) is 0 Å². The lowest BCUT2D eigenvalue weighted by Crippen LogP contribution is -2.41. The highest BCUT2D eigenvalue weighted by Crippen LogP contribution is 2.25. The van der Waals surface area contributed by atoms with Crippen molar-refractivity contribution in [2.75, 3.05) is 36.2 Å². The molecule has 0 aliphatic carbocycles. The van der Waals surface area contributed by atoms with Crippen LogP contribution in [-0.4, -0.2) is 59.6 Å². The van der Waals surface area contributed by atoms with Crippen molar-refractivity contribution >= 4 is 31.6 Å². The molecule has 1 aromatic heterocycles. The molecule has 2 saturated heterocycles. The molecule has 2 aliphatic heterocycles. The van der Waals surface area contributed by atoms with E-state index in [2.05, 4.69) is 4.72 Å². The summed E-state index contributed by atoms with van der Waals surface area (Å²) in [6.45, 7) is 1.83. The predicted molar refractivity (Wildman–Crippen MR) is 119 cm³/mol. The van der Waals surface area contributed by atoms with E-state index in [1.807, 2.05) is 0 Å². The van der Waals surface area contributed by atoms with Crippen molar-refractivity contribution in [3.8, 4) is 0 Å². The first-order valence-electron chi connectivity index (χ1n) is 10.7. The number of nitrogens with one attached hydrogen (secondary N) is 1. The van der Waals surface area contributed by atoms with Crippen LogP contribution in [0.15, 0.2) is 52.2 Å². The van der Waals surface area contributed by atoms with E-state index in [0.29, 0.717) is 56.7 Å². The lowest BCUT2D eigenvalue weighted by Gasteiger charge is -2.31. The van der Waals surface area contributed by atoms with Crippen LogP contribution in [0.4, 0.5) is 5.69 Å².